The van der Waals surface area contributed by atoms with Gasteiger partial charge in [0.25, 0.3) is 5.69 Å². The van der Waals surface area contributed by atoms with Gasteiger partial charge in [0.15, 0.2) is 0 Å². The summed E-state index contributed by atoms with van der Waals surface area (Å²) >= 11 is 1.72. The van der Waals surface area contributed by atoms with Crippen molar-refractivity contribution in [3.05, 3.63) is 33.9 Å². The molecular formula is C17H24N2O4S. The second-order valence-corrected chi connectivity index (χ2v) is 8.36. The summed E-state index contributed by atoms with van der Waals surface area (Å²) in [5.41, 5.74) is 0.356. The third-order valence-corrected chi connectivity index (χ3v) is 5.09. The van der Waals surface area contributed by atoms with Crippen molar-refractivity contribution >= 4 is 23.5 Å². The lowest BCUT2D eigenvalue weighted by atomic mass is 10.1. The van der Waals surface area contributed by atoms with Gasteiger partial charge in [-0.05, 0) is 52.7 Å². The molecular weight excluding hydrogens is 328 g/mol. The molecule has 0 unspecified atom stereocenters. The maximum Gasteiger partial charge on any atom is 0.410 e. The van der Waals surface area contributed by atoms with Gasteiger partial charge in [0, 0.05) is 34.9 Å². The van der Waals surface area contributed by atoms with Crippen molar-refractivity contribution in [1.29, 1.82) is 0 Å². The first kappa shape index (κ1) is 18.6. The summed E-state index contributed by atoms with van der Waals surface area (Å²) in [6.07, 6.45) is 1.53. The van der Waals surface area contributed by atoms with E-state index in [0.717, 1.165) is 17.7 Å². The molecule has 0 saturated carbocycles. The number of amides is 1. The number of rotatable bonds is 3. The predicted molar refractivity (Wildman–Crippen MR) is 94.5 cm³/mol. The molecule has 0 atom stereocenters. The van der Waals surface area contributed by atoms with Gasteiger partial charge in [-0.2, -0.15) is 0 Å². The van der Waals surface area contributed by atoms with Gasteiger partial charge in [0.1, 0.15) is 5.60 Å². The minimum absolute atomic E-state index is 0.152. The summed E-state index contributed by atoms with van der Waals surface area (Å²) < 4.78 is 5.40. The highest BCUT2D eigenvalue weighted by Crippen LogP contribution is 2.33. The molecule has 24 heavy (non-hydrogen) atoms. The topological polar surface area (TPSA) is 72.7 Å². The maximum absolute atomic E-state index is 12.1. The van der Waals surface area contributed by atoms with Crippen molar-refractivity contribution < 1.29 is 14.5 Å². The quantitative estimate of drug-likeness (QED) is 0.596. The number of likely N-dealkylation sites (tertiary alicyclic amines) is 1. The molecule has 0 bridgehead atoms. The monoisotopic (exact) mass is 352 g/mol. The fourth-order valence-corrected chi connectivity index (χ4v) is 3.80. The lowest BCUT2D eigenvalue weighted by molar-refractivity contribution is -0.385. The highest BCUT2D eigenvalue weighted by molar-refractivity contribution is 8.00. The zero-order valence-corrected chi connectivity index (χ0v) is 15.4. The Balaban J connectivity index is 1.88. The van der Waals surface area contributed by atoms with Gasteiger partial charge in [-0.3, -0.25) is 10.1 Å². The molecule has 1 aromatic carbocycles. The first-order chi connectivity index (χ1) is 11.2. The largest absolute Gasteiger partial charge is 0.444 e. The highest BCUT2D eigenvalue weighted by Gasteiger charge is 2.27. The molecule has 2 rings (SSSR count). The van der Waals surface area contributed by atoms with E-state index in [1.165, 1.54) is 0 Å². The summed E-state index contributed by atoms with van der Waals surface area (Å²) in [5.74, 6) is 0. The summed E-state index contributed by atoms with van der Waals surface area (Å²) in [5, 5.41) is 11.3. The maximum atomic E-state index is 12.1. The Labute approximate surface area is 146 Å². The van der Waals surface area contributed by atoms with Crippen LogP contribution in [0.2, 0.25) is 0 Å². The van der Waals surface area contributed by atoms with Gasteiger partial charge in [0.05, 0.1) is 4.92 Å². The first-order valence-electron chi connectivity index (χ1n) is 8.05. The van der Waals surface area contributed by atoms with Crippen LogP contribution >= 0.6 is 11.8 Å². The minimum Gasteiger partial charge on any atom is -0.444 e. The van der Waals surface area contributed by atoms with Crippen LogP contribution in [-0.4, -0.2) is 39.9 Å². The molecule has 1 fully saturated rings. The zero-order valence-electron chi connectivity index (χ0n) is 14.6. The Kier molecular flexibility index (Phi) is 5.74. The number of nitrogens with zero attached hydrogens (tertiary/aromatic N) is 2. The molecule has 1 aliphatic rings. The van der Waals surface area contributed by atoms with Gasteiger partial charge in [-0.1, -0.05) is 0 Å². The Morgan fingerprint density at radius 2 is 1.96 bits per heavy atom. The van der Waals surface area contributed by atoms with Crippen molar-refractivity contribution in [2.24, 2.45) is 0 Å². The summed E-state index contributed by atoms with van der Waals surface area (Å²) in [7, 11) is 0. The normalized spacial score (nSPS) is 16.1. The number of nitro benzene ring substituents is 1. The van der Waals surface area contributed by atoms with Crippen LogP contribution in [0.15, 0.2) is 23.1 Å². The smallest absolute Gasteiger partial charge is 0.410 e. The van der Waals surface area contributed by atoms with Crippen LogP contribution in [0.25, 0.3) is 0 Å². The Bertz CT molecular complexity index is 620. The second kappa shape index (κ2) is 7.42. The van der Waals surface area contributed by atoms with Crippen LogP contribution in [0.3, 0.4) is 0 Å². The number of hydrogen-bond donors (Lipinski definition) is 0. The molecule has 0 spiro atoms. The van der Waals surface area contributed by atoms with Crippen LogP contribution in [0, 0.1) is 17.0 Å². The van der Waals surface area contributed by atoms with E-state index in [0.29, 0.717) is 23.9 Å². The van der Waals surface area contributed by atoms with Gasteiger partial charge in [-0.15, -0.1) is 11.8 Å². The lowest BCUT2D eigenvalue weighted by Gasteiger charge is -2.33. The molecule has 7 heteroatoms. The fraction of sp³-hybridized carbons (Fsp3) is 0.588. The highest BCUT2D eigenvalue weighted by atomic mass is 32.2. The van der Waals surface area contributed by atoms with E-state index in [-0.39, 0.29) is 16.7 Å². The van der Waals surface area contributed by atoms with Gasteiger partial charge in [-0.25, -0.2) is 4.79 Å². The predicted octanol–water partition coefficient (Wildman–Crippen LogP) is 4.39. The third kappa shape index (κ3) is 5.12. The SMILES string of the molecule is Cc1cc(SC2CCN(C(=O)OC(C)(C)C)CC2)ccc1[N+](=O)[O-]. The molecule has 1 aromatic rings. The van der Waals surface area contributed by atoms with E-state index >= 15 is 0 Å². The number of nitro groups is 1. The Hall–Kier alpha value is -1.76. The minimum atomic E-state index is -0.473. The molecule has 6 nitrogen and oxygen atoms in total. The van der Waals surface area contributed by atoms with E-state index in [9.17, 15) is 14.9 Å². The summed E-state index contributed by atoms with van der Waals surface area (Å²) in [6, 6.07) is 5.23. The standard InChI is InChI=1S/C17H24N2O4S/c1-12-11-14(5-6-15(12)19(21)22)24-13-7-9-18(10-8-13)16(20)23-17(2,3)4/h5-6,11,13H,7-10H2,1-4H3. The fourth-order valence-electron chi connectivity index (χ4n) is 2.58. The molecule has 0 N–H and O–H groups in total. The van der Waals surface area contributed by atoms with Crippen LogP contribution in [0.1, 0.15) is 39.2 Å². The van der Waals surface area contributed by atoms with Crippen molar-refractivity contribution in [2.75, 3.05) is 13.1 Å². The van der Waals surface area contributed by atoms with Gasteiger partial charge in [0.2, 0.25) is 0 Å². The molecule has 0 aliphatic carbocycles. The number of carbonyl (C=O) groups is 1. The van der Waals surface area contributed by atoms with Gasteiger partial charge < -0.3 is 9.64 Å². The number of thioether (sulfide) groups is 1. The number of carbonyl (C=O) groups excluding carboxylic acids is 1. The van der Waals surface area contributed by atoms with E-state index < -0.39 is 5.60 Å². The van der Waals surface area contributed by atoms with Crippen molar-refractivity contribution in [3.63, 3.8) is 0 Å². The number of ether oxygens (including phenoxy) is 1. The number of benzene rings is 1. The molecule has 0 aromatic heterocycles. The van der Waals surface area contributed by atoms with Crippen molar-refractivity contribution in [1.82, 2.24) is 4.90 Å². The van der Waals surface area contributed by atoms with Crippen molar-refractivity contribution in [3.8, 4) is 0 Å². The van der Waals surface area contributed by atoms with Crippen LogP contribution < -0.4 is 0 Å². The lowest BCUT2D eigenvalue weighted by Crippen LogP contribution is -2.42. The number of aryl methyl sites for hydroxylation is 1. The van der Waals surface area contributed by atoms with E-state index in [1.807, 2.05) is 26.8 Å². The van der Waals surface area contributed by atoms with E-state index in [4.69, 9.17) is 4.74 Å². The van der Waals surface area contributed by atoms with Crippen LogP contribution in [-0.2, 0) is 4.74 Å². The Morgan fingerprint density at radius 1 is 1.33 bits per heavy atom. The van der Waals surface area contributed by atoms with E-state index in [1.54, 1.807) is 35.7 Å². The molecule has 0 radical (unpaired) electrons. The first-order valence-corrected chi connectivity index (χ1v) is 8.93. The summed E-state index contributed by atoms with van der Waals surface area (Å²) in [4.78, 5) is 25.4. The average molecular weight is 352 g/mol. The molecule has 1 aliphatic heterocycles. The average Bonchev–Trinajstić information content (AvgIpc) is 2.45. The molecule has 1 heterocycles. The second-order valence-electron chi connectivity index (χ2n) is 6.99. The zero-order chi connectivity index (χ0) is 17.9. The van der Waals surface area contributed by atoms with Crippen LogP contribution in [0.4, 0.5) is 10.5 Å². The summed E-state index contributed by atoms with van der Waals surface area (Å²) in [6.45, 7) is 8.71. The molecule has 132 valence electrons. The molecule has 1 amide bonds. The van der Waals surface area contributed by atoms with Gasteiger partial charge >= 0.3 is 6.09 Å². The van der Waals surface area contributed by atoms with Crippen molar-refractivity contribution in [2.45, 2.75) is 56.3 Å². The molecule has 1 saturated heterocycles. The third-order valence-electron chi connectivity index (χ3n) is 3.76. The number of hydrogen-bond acceptors (Lipinski definition) is 5. The van der Waals surface area contributed by atoms with E-state index in [2.05, 4.69) is 0 Å². The number of piperidine rings is 1. The Morgan fingerprint density at radius 3 is 2.46 bits per heavy atom. The van der Waals surface area contributed by atoms with Crippen LogP contribution in [0.5, 0.6) is 0 Å².